The summed E-state index contributed by atoms with van der Waals surface area (Å²) in [6.07, 6.45) is -0.565. The molecule has 0 amide bonds. The van der Waals surface area contributed by atoms with E-state index in [-0.39, 0.29) is 18.6 Å². The average molecular weight is 509 g/mol. The van der Waals surface area contributed by atoms with Crippen molar-refractivity contribution in [3.63, 3.8) is 0 Å². The van der Waals surface area contributed by atoms with Crippen molar-refractivity contribution in [1.82, 2.24) is 0 Å². The van der Waals surface area contributed by atoms with Crippen molar-refractivity contribution in [3.8, 4) is 17.2 Å². The molecular formula is C29H29ClO6. The lowest BCUT2D eigenvalue weighted by Crippen LogP contribution is -2.53. The normalized spacial score (nSPS) is 24.1. The Morgan fingerprint density at radius 1 is 1.03 bits per heavy atom. The summed E-state index contributed by atoms with van der Waals surface area (Å²) in [6.45, 7) is 4.53. The fourth-order valence-corrected chi connectivity index (χ4v) is 5.15. The van der Waals surface area contributed by atoms with Crippen LogP contribution in [0.25, 0.3) is 0 Å². The lowest BCUT2D eigenvalue weighted by atomic mass is 9.72. The van der Waals surface area contributed by atoms with Gasteiger partial charge in [0.2, 0.25) is 0 Å². The van der Waals surface area contributed by atoms with E-state index in [9.17, 15) is 9.90 Å². The van der Waals surface area contributed by atoms with E-state index in [0.717, 1.165) is 16.9 Å². The van der Waals surface area contributed by atoms with Crippen LogP contribution in [0.1, 0.15) is 37.5 Å². The predicted molar refractivity (Wildman–Crippen MR) is 136 cm³/mol. The van der Waals surface area contributed by atoms with Gasteiger partial charge in [0.05, 0.1) is 12.0 Å². The van der Waals surface area contributed by atoms with E-state index in [1.165, 1.54) is 0 Å². The number of halogens is 1. The maximum Gasteiger partial charge on any atom is 0.309 e. The number of hydrogen-bond acceptors (Lipinski definition) is 5. The second-order valence-electron chi connectivity index (χ2n) is 9.83. The Balaban J connectivity index is 1.39. The maximum atomic E-state index is 12.2. The Kier molecular flexibility index (Phi) is 6.82. The molecule has 1 saturated heterocycles. The third-order valence-electron chi connectivity index (χ3n) is 6.99. The van der Waals surface area contributed by atoms with E-state index in [1.54, 1.807) is 24.3 Å². The Labute approximate surface area is 215 Å². The molecule has 2 aliphatic heterocycles. The number of fused-ring (bicyclic) bond motifs is 3. The van der Waals surface area contributed by atoms with E-state index < -0.39 is 23.6 Å². The van der Waals surface area contributed by atoms with Gasteiger partial charge in [0.1, 0.15) is 42.2 Å². The Morgan fingerprint density at radius 3 is 2.47 bits per heavy atom. The second kappa shape index (κ2) is 10.0. The third kappa shape index (κ3) is 5.15. The minimum Gasteiger partial charge on any atom is -0.491 e. The summed E-state index contributed by atoms with van der Waals surface area (Å²) in [7, 11) is 0. The lowest BCUT2D eigenvalue weighted by molar-refractivity contribution is -0.192. The zero-order valence-corrected chi connectivity index (χ0v) is 21.0. The molecule has 7 heteroatoms. The van der Waals surface area contributed by atoms with Gasteiger partial charge in [0.25, 0.3) is 0 Å². The first-order valence-electron chi connectivity index (χ1n) is 12.1. The predicted octanol–water partition coefficient (Wildman–Crippen LogP) is 6.32. The van der Waals surface area contributed by atoms with E-state index in [1.807, 2.05) is 62.4 Å². The van der Waals surface area contributed by atoms with E-state index in [2.05, 4.69) is 0 Å². The van der Waals surface area contributed by atoms with Crippen LogP contribution in [0.5, 0.6) is 17.2 Å². The highest BCUT2D eigenvalue weighted by Gasteiger charge is 2.52. The first-order chi connectivity index (χ1) is 17.3. The fraction of sp³-hybridized carbons (Fsp3) is 0.345. The van der Waals surface area contributed by atoms with Crippen LogP contribution in [0.4, 0.5) is 0 Å². The highest BCUT2D eigenvalue weighted by atomic mass is 35.5. The largest absolute Gasteiger partial charge is 0.491 e. The molecule has 36 heavy (non-hydrogen) atoms. The summed E-state index contributed by atoms with van der Waals surface area (Å²) >= 11 is 5.97. The molecule has 5 rings (SSSR count). The van der Waals surface area contributed by atoms with E-state index in [0.29, 0.717) is 29.5 Å². The molecule has 1 fully saturated rings. The Morgan fingerprint density at radius 2 is 1.75 bits per heavy atom. The van der Waals surface area contributed by atoms with Gasteiger partial charge in [-0.15, -0.1) is 0 Å². The van der Waals surface area contributed by atoms with Crippen molar-refractivity contribution < 1.29 is 28.8 Å². The molecule has 0 spiro atoms. The number of aliphatic carboxylic acids is 1. The van der Waals surface area contributed by atoms with Crippen LogP contribution >= 0.6 is 11.6 Å². The summed E-state index contributed by atoms with van der Waals surface area (Å²) in [5.41, 5.74) is 1.34. The fourth-order valence-electron chi connectivity index (χ4n) is 5.02. The Hall–Kier alpha value is -3.22. The zero-order valence-electron chi connectivity index (χ0n) is 20.2. The van der Waals surface area contributed by atoms with Gasteiger partial charge in [-0.25, -0.2) is 0 Å². The van der Waals surface area contributed by atoms with Crippen LogP contribution in [0, 0.1) is 11.8 Å². The summed E-state index contributed by atoms with van der Waals surface area (Å²) in [5.74, 6) is 0.262. The number of rotatable bonds is 7. The number of benzene rings is 3. The molecule has 4 atom stereocenters. The van der Waals surface area contributed by atoms with Gasteiger partial charge < -0.3 is 24.1 Å². The van der Waals surface area contributed by atoms with Crippen molar-refractivity contribution in [2.45, 2.75) is 44.7 Å². The average Bonchev–Trinajstić information content (AvgIpc) is 2.87. The van der Waals surface area contributed by atoms with Crippen LogP contribution in [0.3, 0.4) is 0 Å². The molecule has 0 aromatic heterocycles. The molecule has 0 radical (unpaired) electrons. The topological polar surface area (TPSA) is 74.2 Å². The molecule has 2 heterocycles. The summed E-state index contributed by atoms with van der Waals surface area (Å²) < 4.78 is 24.8. The lowest BCUT2D eigenvalue weighted by Gasteiger charge is -2.50. The number of ether oxygens (including phenoxy) is 4. The van der Waals surface area contributed by atoms with Crippen molar-refractivity contribution in [2.24, 2.45) is 11.8 Å². The molecule has 0 aliphatic carbocycles. The molecule has 1 N–H and O–H groups in total. The van der Waals surface area contributed by atoms with Gasteiger partial charge in [-0.1, -0.05) is 41.9 Å². The van der Waals surface area contributed by atoms with Crippen LogP contribution < -0.4 is 14.2 Å². The molecular weight excluding hydrogens is 480 g/mol. The maximum absolute atomic E-state index is 12.2. The quantitative estimate of drug-likeness (QED) is 0.403. The third-order valence-corrected chi connectivity index (χ3v) is 7.24. The smallest absolute Gasteiger partial charge is 0.309 e. The van der Waals surface area contributed by atoms with Gasteiger partial charge in [-0.05, 0) is 68.3 Å². The standard InChI is InChI=1S/C29H29ClO6/c1-29(2)24-15-23(28(31)32)26(17-34-20-10-8-19(30)9-11-20)35-27(24)22-14-21(12-13-25(22)36-29)33-16-18-6-4-3-5-7-18/h3-14,23-24,26-27H,15-17H2,1-2H3,(H,31,32)/t23-,24-,26-,27+/m0/s1. The molecule has 0 saturated carbocycles. The minimum absolute atomic E-state index is 0.114. The highest BCUT2D eigenvalue weighted by Crippen LogP contribution is 2.52. The van der Waals surface area contributed by atoms with Gasteiger partial charge in [-0.3, -0.25) is 4.79 Å². The van der Waals surface area contributed by atoms with Gasteiger partial charge in [0, 0.05) is 16.5 Å². The Bertz CT molecular complexity index is 1210. The van der Waals surface area contributed by atoms with E-state index in [4.69, 9.17) is 30.5 Å². The first-order valence-corrected chi connectivity index (χ1v) is 12.4. The van der Waals surface area contributed by atoms with Crippen molar-refractivity contribution in [1.29, 1.82) is 0 Å². The summed E-state index contributed by atoms with van der Waals surface area (Å²) in [6, 6.07) is 22.7. The molecule has 6 nitrogen and oxygen atoms in total. The van der Waals surface area contributed by atoms with Gasteiger partial charge >= 0.3 is 5.97 Å². The summed E-state index contributed by atoms with van der Waals surface area (Å²) in [4.78, 5) is 12.2. The van der Waals surface area contributed by atoms with Crippen molar-refractivity contribution in [3.05, 3.63) is 88.9 Å². The monoisotopic (exact) mass is 508 g/mol. The number of carbonyl (C=O) groups is 1. The molecule has 3 aromatic rings. The minimum atomic E-state index is -0.903. The zero-order chi connectivity index (χ0) is 25.3. The summed E-state index contributed by atoms with van der Waals surface area (Å²) in [5, 5.41) is 10.6. The molecule has 3 aromatic carbocycles. The van der Waals surface area contributed by atoms with Crippen LogP contribution in [0.2, 0.25) is 5.02 Å². The second-order valence-corrected chi connectivity index (χ2v) is 10.3. The number of hydrogen-bond donors (Lipinski definition) is 1. The molecule has 188 valence electrons. The molecule has 0 unspecified atom stereocenters. The number of carboxylic acid groups (broad SMARTS) is 1. The van der Waals surface area contributed by atoms with Gasteiger partial charge in [-0.2, -0.15) is 0 Å². The van der Waals surface area contributed by atoms with Crippen molar-refractivity contribution in [2.75, 3.05) is 6.61 Å². The van der Waals surface area contributed by atoms with Crippen LogP contribution in [0.15, 0.2) is 72.8 Å². The first kappa shape index (κ1) is 24.5. The van der Waals surface area contributed by atoms with E-state index >= 15 is 0 Å². The van der Waals surface area contributed by atoms with Crippen LogP contribution in [-0.2, 0) is 16.1 Å². The van der Waals surface area contributed by atoms with Crippen LogP contribution in [-0.4, -0.2) is 29.4 Å². The molecule has 2 aliphatic rings. The SMILES string of the molecule is CC1(C)Oc2ccc(OCc3ccccc3)cc2[C@H]2O[C@@H](COc3ccc(Cl)cc3)[C@@H](C(=O)O)C[C@@H]21. The van der Waals surface area contributed by atoms with Crippen molar-refractivity contribution >= 4 is 17.6 Å². The van der Waals surface area contributed by atoms with Gasteiger partial charge in [0.15, 0.2) is 0 Å². The molecule has 0 bridgehead atoms. The number of carboxylic acids is 1. The highest BCUT2D eigenvalue weighted by molar-refractivity contribution is 6.30.